The minimum Gasteiger partial charge on any atom is -0.310 e. The topological polar surface area (TPSA) is 6.48 Å². The molecule has 69 heavy (non-hydrogen) atoms. The van der Waals surface area contributed by atoms with E-state index in [1.165, 1.54) is 76.8 Å². The van der Waals surface area contributed by atoms with Crippen LogP contribution in [0, 0.1) is 0 Å². The average molecular weight is 877 g/mol. The molecule has 0 saturated carbocycles. The minimum absolute atomic E-state index is 0.539. The molecule has 12 aromatic carbocycles. The van der Waals surface area contributed by atoms with E-state index in [0.29, 0.717) is 0 Å². The van der Waals surface area contributed by atoms with Crippen LogP contribution in [0.2, 0.25) is 0 Å². The second kappa shape index (κ2) is 15.6. The zero-order valence-electron chi connectivity index (χ0n) is 37.8. The Hall–Kier alpha value is -8.98. The van der Waals surface area contributed by atoms with Crippen molar-refractivity contribution in [3.63, 3.8) is 0 Å². The predicted octanol–water partition coefficient (Wildman–Crippen LogP) is 18.1. The van der Waals surface area contributed by atoms with E-state index in [4.69, 9.17) is 0 Å². The molecule has 0 fully saturated rings. The maximum absolute atomic E-state index is 2.52. The Morgan fingerprint density at radius 2 is 0.739 bits per heavy atom. The highest BCUT2D eigenvalue weighted by Crippen LogP contribution is 2.65. The van der Waals surface area contributed by atoms with E-state index in [1.54, 1.807) is 0 Å². The van der Waals surface area contributed by atoms with E-state index in [-0.39, 0.29) is 0 Å². The van der Waals surface area contributed by atoms with Gasteiger partial charge in [0.15, 0.2) is 0 Å². The Balaban J connectivity index is 1.06. The number of hydrogen-bond donors (Lipinski definition) is 0. The number of fused-ring (bicyclic) bond motifs is 15. The van der Waals surface area contributed by atoms with E-state index in [0.717, 1.165) is 45.3 Å². The van der Waals surface area contributed by atoms with Crippen molar-refractivity contribution in [2.45, 2.75) is 5.41 Å². The Labute approximate surface area is 402 Å². The van der Waals surface area contributed by atoms with E-state index < -0.39 is 5.41 Å². The van der Waals surface area contributed by atoms with Crippen LogP contribution in [0.1, 0.15) is 22.3 Å². The first kappa shape index (κ1) is 39.2. The molecule has 0 radical (unpaired) electrons. The van der Waals surface area contributed by atoms with Gasteiger partial charge in [-0.05, 0) is 132 Å². The lowest BCUT2D eigenvalue weighted by Gasteiger charge is -2.34. The minimum atomic E-state index is -0.539. The molecule has 2 aliphatic rings. The highest BCUT2D eigenvalue weighted by molar-refractivity contribution is 6.15. The molecule has 1 unspecified atom stereocenters. The van der Waals surface area contributed by atoms with Crippen molar-refractivity contribution < 1.29 is 0 Å². The van der Waals surface area contributed by atoms with Gasteiger partial charge in [0, 0.05) is 33.7 Å². The molecule has 0 bridgehead atoms. The molecule has 0 N–H and O–H groups in total. The van der Waals surface area contributed by atoms with Crippen molar-refractivity contribution in [1.29, 1.82) is 0 Å². The average Bonchev–Trinajstić information content (AvgIpc) is 3.89. The molecule has 0 saturated heterocycles. The first-order valence-electron chi connectivity index (χ1n) is 23.9. The second-order valence-corrected chi connectivity index (χ2v) is 18.4. The van der Waals surface area contributed by atoms with Crippen LogP contribution in [-0.4, -0.2) is 0 Å². The molecule has 12 aromatic rings. The summed E-state index contributed by atoms with van der Waals surface area (Å²) in [5, 5.41) is 7.42. The number of rotatable bonds is 7. The Morgan fingerprint density at radius 1 is 0.261 bits per heavy atom. The molecule has 2 aliphatic carbocycles. The largest absolute Gasteiger partial charge is 0.310 e. The molecule has 0 aliphatic heterocycles. The van der Waals surface area contributed by atoms with Gasteiger partial charge in [-0.15, -0.1) is 0 Å². The van der Waals surface area contributed by atoms with Crippen LogP contribution in [0.3, 0.4) is 0 Å². The molecule has 1 atom stereocenters. The van der Waals surface area contributed by atoms with Crippen molar-refractivity contribution in [3.05, 3.63) is 289 Å². The SMILES string of the molecule is c1ccc(-c2ccc(N(c3ccccc3)c3cccc4ccc5ccccc5c34)cc2N(c2ccccc2)c2ccc3c(c2)C2(c4ccccc4-3)c3ccccc3-c3ccc4ccccc4c32)cc1. The van der Waals surface area contributed by atoms with Crippen molar-refractivity contribution in [2.24, 2.45) is 0 Å². The lowest BCUT2D eigenvalue weighted by molar-refractivity contribution is 0.801. The van der Waals surface area contributed by atoms with Gasteiger partial charge in [-0.2, -0.15) is 0 Å². The third-order valence-corrected chi connectivity index (χ3v) is 14.8. The van der Waals surface area contributed by atoms with E-state index in [9.17, 15) is 0 Å². The van der Waals surface area contributed by atoms with Crippen LogP contribution in [-0.2, 0) is 5.41 Å². The molecule has 1 spiro atoms. The van der Waals surface area contributed by atoms with Gasteiger partial charge in [-0.25, -0.2) is 0 Å². The normalized spacial score (nSPS) is 14.1. The maximum atomic E-state index is 2.52. The van der Waals surface area contributed by atoms with Crippen LogP contribution in [0.15, 0.2) is 267 Å². The highest BCUT2D eigenvalue weighted by Gasteiger charge is 2.52. The highest BCUT2D eigenvalue weighted by atomic mass is 15.2. The molecule has 0 amide bonds. The van der Waals surface area contributed by atoms with Gasteiger partial charge < -0.3 is 9.80 Å². The smallest absolute Gasteiger partial charge is 0.0732 e. The Bertz CT molecular complexity index is 3960. The number of para-hydroxylation sites is 2. The molecule has 14 rings (SSSR count). The summed E-state index contributed by atoms with van der Waals surface area (Å²) in [5.74, 6) is 0. The molecule has 0 heterocycles. The maximum Gasteiger partial charge on any atom is 0.0732 e. The van der Waals surface area contributed by atoms with Crippen LogP contribution >= 0.6 is 0 Å². The third-order valence-electron chi connectivity index (χ3n) is 14.8. The Morgan fingerprint density at radius 3 is 1.45 bits per heavy atom. The van der Waals surface area contributed by atoms with Crippen molar-refractivity contribution in [2.75, 3.05) is 9.80 Å². The molecule has 322 valence electrons. The number of nitrogens with zero attached hydrogens (tertiary/aromatic N) is 2. The summed E-state index contributed by atoms with van der Waals surface area (Å²) in [5.41, 5.74) is 18.8. The zero-order chi connectivity index (χ0) is 45.5. The van der Waals surface area contributed by atoms with Crippen LogP contribution in [0.25, 0.3) is 65.7 Å². The van der Waals surface area contributed by atoms with Crippen molar-refractivity contribution in [3.8, 4) is 33.4 Å². The van der Waals surface area contributed by atoms with E-state index >= 15 is 0 Å². The van der Waals surface area contributed by atoms with Crippen molar-refractivity contribution >= 4 is 66.4 Å². The van der Waals surface area contributed by atoms with Crippen LogP contribution in [0.4, 0.5) is 34.1 Å². The standard InChI is InChI=1S/C67H44N2/c1-4-19-45(20-5-1)53-41-38-52(68(49-24-6-2-7-25-49)63-34-18-23-48-36-35-46-21-10-12-28-54(46)65(48)63)44-64(53)69(50-26-8-3-9-27-50)51-39-42-58-56-30-14-16-32-60(56)67(62(58)43-51)61-33-17-15-31-57(61)59-40-37-47-22-11-13-29-55(47)66(59)67/h1-44H. The van der Waals surface area contributed by atoms with E-state index in [1.807, 2.05) is 0 Å². The summed E-state index contributed by atoms with van der Waals surface area (Å²) >= 11 is 0. The summed E-state index contributed by atoms with van der Waals surface area (Å²) in [7, 11) is 0. The lowest BCUT2D eigenvalue weighted by atomic mass is 9.69. The first-order valence-corrected chi connectivity index (χ1v) is 23.9. The molecular formula is C67H44N2. The summed E-state index contributed by atoms with van der Waals surface area (Å²) in [6.45, 7) is 0. The second-order valence-electron chi connectivity index (χ2n) is 18.4. The summed E-state index contributed by atoms with van der Waals surface area (Å²) in [6, 6.07) is 98.8. The fourth-order valence-corrected chi connectivity index (χ4v) is 12.0. The lowest BCUT2D eigenvalue weighted by Crippen LogP contribution is -2.26. The number of anilines is 6. The molecule has 2 heteroatoms. The zero-order valence-corrected chi connectivity index (χ0v) is 37.8. The van der Waals surface area contributed by atoms with Gasteiger partial charge in [-0.3, -0.25) is 0 Å². The summed E-state index contributed by atoms with van der Waals surface area (Å²) in [6.07, 6.45) is 0. The summed E-state index contributed by atoms with van der Waals surface area (Å²) in [4.78, 5) is 4.94. The molecule has 2 nitrogen and oxygen atoms in total. The molecule has 0 aromatic heterocycles. The van der Waals surface area contributed by atoms with Gasteiger partial charge in [0.2, 0.25) is 0 Å². The van der Waals surface area contributed by atoms with E-state index in [2.05, 4.69) is 277 Å². The van der Waals surface area contributed by atoms with Gasteiger partial charge in [0.05, 0.1) is 16.8 Å². The van der Waals surface area contributed by atoms with Gasteiger partial charge in [0.1, 0.15) is 0 Å². The number of benzene rings is 12. The predicted molar refractivity (Wildman–Crippen MR) is 290 cm³/mol. The Kier molecular flexibility index (Phi) is 8.84. The third kappa shape index (κ3) is 5.86. The summed E-state index contributed by atoms with van der Waals surface area (Å²) < 4.78 is 0. The number of hydrogen-bond acceptors (Lipinski definition) is 2. The molecular weight excluding hydrogens is 833 g/mol. The first-order chi connectivity index (χ1) is 34.3. The van der Waals surface area contributed by atoms with Gasteiger partial charge >= 0.3 is 0 Å². The quantitative estimate of drug-likeness (QED) is 0.147. The van der Waals surface area contributed by atoms with Crippen LogP contribution < -0.4 is 9.80 Å². The monoisotopic (exact) mass is 876 g/mol. The van der Waals surface area contributed by atoms with Gasteiger partial charge in [0.25, 0.3) is 0 Å². The fraction of sp³-hybridized carbons (Fsp3) is 0.0149. The fourth-order valence-electron chi connectivity index (χ4n) is 12.0. The van der Waals surface area contributed by atoms with Crippen LogP contribution in [0.5, 0.6) is 0 Å². The van der Waals surface area contributed by atoms with Crippen molar-refractivity contribution in [1.82, 2.24) is 0 Å². The van der Waals surface area contributed by atoms with Gasteiger partial charge in [-0.1, -0.05) is 212 Å².